The molecular weight excluding hydrogens is 296 g/mol. The number of carbonyl (C=O) groups is 1. The number of amides is 1. The van der Waals surface area contributed by atoms with Gasteiger partial charge in [0, 0.05) is 24.9 Å². The summed E-state index contributed by atoms with van der Waals surface area (Å²) in [4.78, 5) is 13.6. The zero-order valence-electron chi connectivity index (χ0n) is 11.9. The number of methoxy groups -OCH3 is 2. The number of hydrogen-bond donors (Lipinski definition) is 1. The average Bonchev–Trinajstić information content (AvgIpc) is 2.76. The summed E-state index contributed by atoms with van der Waals surface area (Å²) in [5.41, 5.74) is 0.597. The quantitative estimate of drug-likeness (QED) is 0.845. The van der Waals surface area contributed by atoms with E-state index < -0.39 is 10.0 Å². The Bertz CT molecular complexity index is 644. The van der Waals surface area contributed by atoms with E-state index in [2.05, 4.69) is 0 Å². The summed E-state index contributed by atoms with van der Waals surface area (Å²) in [5, 5.41) is 5.04. The van der Waals surface area contributed by atoms with Crippen LogP contribution < -0.4 is 19.5 Å². The number of primary sulfonamides is 1. The van der Waals surface area contributed by atoms with Crippen molar-refractivity contribution < 1.29 is 22.7 Å². The van der Waals surface area contributed by atoms with Crippen LogP contribution in [0.25, 0.3) is 0 Å². The number of benzene rings is 1. The van der Waals surface area contributed by atoms with Gasteiger partial charge in [0.05, 0.1) is 25.7 Å². The lowest BCUT2D eigenvalue weighted by Crippen LogP contribution is -2.27. The molecular formula is C13H18N2O5S. The molecule has 8 heteroatoms. The molecule has 2 N–H and O–H groups in total. The molecule has 116 valence electrons. The average molecular weight is 314 g/mol. The summed E-state index contributed by atoms with van der Waals surface area (Å²) in [6, 6.07) is 5.11. The summed E-state index contributed by atoms with van der Waals surface area (Å²) in [6.45, 7) is 0.304. The normalized spacial score (nSPS) is 18.9. The van der Waals surface area contributed by atoms with Crippen molar-refractivity contribution in [3.63, 3.8) is 0 Å². The summed E-state index contributed by atoms with van der Waals surface area (Å²) in [6.07, 6.45) is 0.158. The minimum Gasteiger partial charge on any atom is -0.497 e. The number of rotatable bonds is 5. The number of nitrogens with two attached hydrogens (primary N) is 1. The van der Waals surface area contributed by atoms with Gasteiger partial charge >= 0.3 is 0 Å². The van der Waals surface area contributed by atoms with Crippen molar-refractivity contribution in [3.8, 4) is 11.5 Å². The molecule has 1 aromatic carbocycles. The zero-order chi connectivity index (χ0) is 15.6. The molecule has 21 heavy (non-hydrogen) atoms. The van der Waals surface area contributed by atoms with Gasteiger partial charge in [0.1, 0.15) is 11.5 Å². The molecule has 1 fully saturated rings. The molecule has 1 unspecified atom stereocenters. The van der Waals surface area contributed by atoms with E-state index in [1.165, 1.54) is 19.1 Å². The maximum absolute atomic E-state index is 12.1. The van der Waals surface area contributed by atoms with Crippen molar-refractivity contribution in [3.05, 3.63) is 18.2 Å². The molecule has 1 amide bonds. The Balaban J connectivity index is 2.24. The number of anilines is 1. The topological polar surface area (TPSA) is 98.9 Å². The monoisotopic (exact) mass is 314 g/mol. The first kappa shape index (κ1) is 15.6. The smallest absolute Gasteiger partial charge is 0.227 e. The van der Waals surface area contributed by atoms with Gasteiger partial charge in [0.2, 0.25) is 15.9 Å². The highest BCUT2D eigenvalue weighted by atomic mass is 32.2. The van der Waals surface area contributed by atoms with E-state index in [1.54, 1.807) is 18.2 Å². The number of carbonyl (C=O) groups excluding carboxylic acids is 1. The lowest BCUT2D eigenvalue weighted by atomic mass is 10.1. The number of nitrogens with zero attached hydrogens (tertiary/aromatic N) is 1. The van der Waals surface area contributed by atoms with Crippen LogP contribution in [-0.2, 0) is 14.8 Å². The molecule has 0 saturated carbocycles. The molecule has 1 saturated heterocycles. The minimum absolute atomic E-state index is 0.146. The first-order chi connectivity index (χ1) is 9.84. The van der Waals surface area contributed by atoms with Crippen molar-refractivity contribution in [1.82, 2.24) is 0 Å². The second-order valence-electron chi connectivity index (χ2n) is 4.94. The van der Waals surface area contributed by atoms with E-state index >= 15 is 0 Å². The molecule has 0 bridgehead atoms. The van der Waals surface area contributed by atoms with Crippen molar-refractivity contribution >= 4 is 21.6 Å². The van der Waals surface area contributed by atoms with Crippen molar-refractivity contribution in [2.75, 3.05) is 31.4 Å². The SMILES string of the molecule is COc1ccc(N2CC(CS(N)(=O)=O)CC2=O)c(OC)c1. The Hall–Kier alpha value is -1.80. The van der Waals surface area contributed by atoms with Crippen LogP contribution in [0.3, 0.4) is 0 Å². The lowest BCUT2D eigenvalue weighted by Gasteiger charge is -2.20. The van der Waals surface area contributed by atoms with Gasteiger partial charge in [-0.05, 0) is 12.1 Å². The second kappa shape index (κ2) is 5.90. The Morgan fingerprint density at radius 1 is 1.33 bits per heavy atom. The summed E-state index contributed by atoms with van der Waals surface area (Å²) < 4.78 is 32.7. The van der Waals surface area contributed by atoms with Gasteiger partial charge in [0.25, 0.3) is 0 Å². The Morgan fingerprint density at radius 3 is 2.62 bits per heavy atom. The molecule has 0 aromatic heterocycles. The molecule has 0 spiro atoms. The molecule has 1 aliphatic rings. The molecule has 0 radical (unpaired) electrons. The van der Waals surface area contributed by atoms with Crippen LogP contribution >= 0.6 is 0 Å². The first-order valence-electron chi connectivity index (χ1n) is 6.37. The Kier molecular flexibility index (Phi) is 4.38. The highest BCUT2D eigenvalue weighted by Crippen LogP contribution is 2.35. The molecule has 0 aliphatic carbocycles. The molecule has 1 atom stereocenters. The minimum atomic E-state index is -3.59. The molecule has 7 nitrogen and oxygen atoms in total. The van der Waals surface area contributed by atoms with E-state index in [0.717, 1.165) is 0 Å². The van der Waals surface area contributed by atoms with E-state index in [4.69, 9.17) is 14.6 Å². The van der Waals surface area contributed by atoms with Crippen molar-refractivity contribution in [2.45, 2.75) is 6.42 Å². The van der Waals surface area contributed by atoms with E-state index in [-0.39, 0.29) is 24.0 Å². The van der Waals surface area contributed by atoms with Gasteiger partial charge in [0.15, 0.2) is 0 Å². The third kappa shape index (κ3) is 3.64. The zero-order valence-corrected chi connectivity index (χ0v) is 12.7. The fourth-order valence-electron chi connectivity index (χ4n) is 2.46. The van der Waals surface area contributed by atoms with Crippen LogP contribution in [0.2, 0.25) is 0 Å². The predicted octanol–water partition coefficient (Wildman–Crippen LogP) is 0.345. The molecule has 1 aliphatic heterocycles. The molecule has 1 heterocycles. The Labute approximate surface area is 123 Å². The second-order valence-corrected chi connectivity index (χ2v) is 6.60. The van der Waals surface area contributed by atoms with Crippen LogP contribution in [-0.4, -0.2) is 40.8 Å². The van der Waals surface area contributed by atoms with Gasteiger partial charge in [-0.2, -0.15) is 0 Å². The highest BCUT2D eigenvalue weighted by Gasteiger charge is 2.34. The standard InChI is InChI=1S/C13H18N2O5S/c1-19-10-3-4-11(12(6-10)20-2)15-7-9(5-13(15)16)8-21(14,17)18/h3-4,6,9H,5,7-8H2,1-2H3,(H2,14,17,18). The van der Waals surface area contributed by atoms with Crippen molar-refractivity contribution in [2.24, 2.45) is 11.1 Å². The van der Waals surface area contributed by atoms with Crippen LogP contribution in [0.1, 0.15) is 6.42 Å². The largest absolute Gasteiger partial charge is 0.497 e. The highest BCUT2D eigenvalue weighted by molar-refractivity contribution is 7.89. The van der Waals surface area contributed by atoms with E-state index in [9.17, 15) is 13.2 Å². The lowest BCUT2D eigenvalue weighted by molar-refractivity contribution is -0.117. The maximum atomic E-state index is 12.1. The van der Waals surface area contributed by atoms with Gasteiger partial charge in [-0.25, -0.2) is 13.6 Å². The summed E-state index contributed by atoms with van der Waals surface area (Å²) in [5.74, 6) is 0.460. The van der Waals surface area contributed by atoms with Gasteiger partial charge in [-0.15, -0.1) is 0 Å². The third-order valence-corrected chi connectivity index (χ3v) is 4.29. The van der Waals surface area contributed by atoms with Crippen LogP contribution in [0.5, 0.6) is 11.5 Å². The van der Waals surface area contributed by atoms with E-state index in [1.807, 2.05) is 0 Å². The van der Waals surface area contributed by atoms with Crippen LogP contribution in [0.4, 0.5) is 5.69 Å². The fraction of sp³-hybridized carbons (Fsp3) is 0.462. The summed E-state index contributed by atoms with van der Waals surface area (Å²) in [7, 11) is -0.553. The van der Waals surface area contributed by atoms with Gasteiger partial charge < -0.3 is 14.4 Å². The van der Waals surface area contributed by atoms with Crippen LogP contribution in [0.15, 0.2) is 18.2 Å². The van der Waals surface area contributed by atoms with E-state index in [0.29, 0.717) is 23.7 Å². The molecule has 1 aromatic rings. The number of sulfonamides is 1. The first-order valence-corrected chi connectivity index (χ1v) is 8.08. The number of ether oxygens (including phenoxy) is 2. The van der Waals surface area contributed by atoms with Gasteiger partial charge in [-0.3, -0.25) is 4.79 Å². The summed E-state index contributed by atoms with van der Waals surface area (Å²) >= 11 is 0. The number of hydrogen-bond acceptors (Lipinski definition) is 5. The molecule has 2 rings (SSSR count). The maximum Gasteiger partial charge on any atom is 0.227 e. The predicted molar refractivity (Wildman–Crippen MR) is 78.0 cm³/mol. The Morgan fingerprint density at radius 2 is 2.05 bits per heavy atom. The third-order valence-electron chi connectivity index (χ3n) is 3.35. The van der Waals surface area contributed by atoms with Gasteiger partial charge in [-0.1, -0.05) is 0 Å². The van der Waals surface area contributed by atoms with Crippen LogP contribution in [0, 0.1) is 5.92 Å². The van der Waals surface area contributed by atoms with Crippen molar-refractivity contribution in [1.29, 1.82) is 0 Å². The fourth-order valence-corrected chi connectivity index (χ4v) is 3.34.